The summed E-state index contributed by atoms with van der Waals surface area (Å²) in [5, 5.41) is 21.6. The van der Waals surface area contributed by atoms with Gasteiger partial charge in [-0.25, -0.2) is 4.39 Å². The van der Waals surface area contributed by atoms with Crippen LogP contribution in [0.3, 0.4) is 0 Å². The van der Waals surface area contributed by atoms with Gasteiger partial charge in [0.25, 0.3) is 0 Å². The molecule has 36 heavy (non-hydrogen) atoms. The van der Waals surface area contributed by atoms with E-state index >= 15 is 0 Å². The summed E-state index contributed by atoms with van der Waals surface area (Å²) < 4.78 is 15.4. The molecule has 2 heterocycles. The second kappa shape index (κ2) is 10.6. The van der Waals surface area contributed by atoms with E-state index < -0.39 is 0 Å². The Morgan fingerprint density at radius 1 is 1.31 bits per heavy atom. The molecule has 2 aromatic rings. The van der Waals surface area contributed by atoms with Crippen molar-refractivity contribution in [2.45, 2.75) is 38.5 Å². The van der Waals surface area contributed by atoms with Crippen LogP contribution in [0.1, 0.15) is 59.2 Å². The Bertz CT molecular complexity index is 1230. The predicted octanol–water partition coefficient (Wildman–Crippen LogP) is 4.37. The lowest BCUT2D eigenvalue weighted by Crippen LogP contribution is -2.62. The molecule has 2 fully saturated rings. The number of aryl methyl sites for hydroxylation is 1. The second-order valence-electron chi connectivity index (χ2n) is 10.5. The molecular weight excluding hydrogens is 479 g/mol. The van der Waals surface area contributed by atoms with Crippen molar-refractivity contribution in [1.29, 1.82) is 10.8 Å². The lowest BCUT2D eigenvalue weighted by molar-refractivity contribution is -0.0995. The largest absolute Gasteiger partial charge is 0.303 e. The highest BCUT2D eigenvalue weighted by Crippen LogP contribution is 2.56. The van der Waals surface area contributed by atoms with Crippen molar-refractivity contribution < 1.29 is 9.18 Å². The summed E-state index contributed by atoms with van der Waals surface area (Å²) in [4.78, 5) is 14.2. The third-order valence-electron chi connectivity index (χ3n) is 7.72. The Morgan fingerprint density at radius 2 is 2.03 bits per heavy atom. The molecule has 4 rings (SSSR count). The highest BCUT2D eigenvalue weighted by Gasteiger charge is 2.53. The molecule has 1 saturated carbocycles. The van der Waals surface area contributed by atoms with Gasteiger partial charge in [0.05, 0.1) is 17.6 Å². The van der Waals surface area contributed by atoms with Crippen LogP contribution in [0.4, 0.5) is 4.39 Å². The minimum atomic E-state index is -0.361. The van der Waals surface area contributed by atoms with Crippen LogP contribution >= 0.6 is 11.6 Å². The minimum Gasteiger partial charge on any atom is -0.303 e. The average molecular weight is 513 g/mol. The fourth-order valence-electron chi connectivity index (χ4n) is 5.81. The first-order valence-corrected chi connectivity index (χ1v) is 12.7. The van der Waals surface area contributed by atoms with Crippen LogP contribution in [0.5, 0.6) is 0 Å². The van der Waals surface area contributed by atoms with Crippen LogP contribution in [-0.4, -0.2) is 67.0 Å². The number of aromatic nitrogens is 1. The van der Waals surface area contributed by atoms with Gasteiger partial charge >= 0.3 is 0 Å². The van der Waals surface area contributed by atoms with Crippen molar-refractivity contribution in [3.8, 4) is 0 Å². The third kappa shape index (κ3) is 5.30. The highest BCUT2D eigenvalue weighted by molar-refractivity contribution is 6.33. The van der Waals surface area contributed by atoms with Crippen molar-refractivity contribution in [3.05, 3.63) is 63.0 Å². The molecule has 0 bridgehead atoms. The number of benzene rings is 1. The maximum atomic E-state index is 14.2. The molecule has 1 spiro atoms. The minimum absolute atomic E-state index is 0.121. The first-order chi connectivity index (χ1) is 17.2. The van der Waals surface area contributed by atoms with Crippen LogP contribution in [0, 0.1) is 28.0 Å². The standard InChI is InChI=1S/C27H34ClFN6O/c1-18(21-6-7-24(28)23(14-36)22(21)12-32-33(2)3)20-10-27(11-20)15-34(16-27)8-4-5-19-9-26(31)35(17-30)13-25(19)29/h6-7,9,12-14,17-18,20,30-31H,4-5,8,10-11,15-16H2,1-3H3/b30-17?,31-26?,32-12-. The number of halogens is 2. The van der Waals surface area contributed by atoms with Crippen LogP contribution in [0.15, 0.2) is 29.5 Å². The van der Waals surface area contributed by atoms with Gasteiger partial charge in [0.2, 0.25) is 0 Å². The zero-order valence-corrected chi connectivity index (χ0v) is 21.9. The van der Waals surface area contributed by atoms with E-state index in [2.05, 4.69) is 16.9 Å². The van der Waals surface area contributed by atoms with Crippen LogP contribution < -0.4 is 5.49 Å². The number of carbonyl (C=O) groups is 1. The van der Waals surface area contributed by atoms with Crippen molar-refractivity contribution in [1.82, 2.24) is 14.5 Å². The van der Waals surface area contributed by atoms with Gasteiger partial charge in [-0.05, 0) is 72.7 Å². The summed E-state index contributed by atoms with van der Waals surface area (Å²) in [6, 6.07) is 5.36. The van der Waals surface area contributed by atoms with Gasteiger partial charge in [0.15, 0.2) is 6.29 Å². The van der Waals surface area contributed by atoms with Crippen molar-refractivity contribution in [2.24, 2.45) is 16.4 Å². The summed E-state index contributed by atoms with van der Waals surface area (Å²) in [6.45, 7) is 5.29. The quantitative estimate of drug-likeness (QED) is 0.214. The van der Waals surface area contributed by atoms with Gasteiger partial charge in [-0.3, -0.25) is 20.2 Å². The van der Waals surface area contributed by atoms with Crippen LogP contribution in [0.2, 0.25) is 5.02 Å². The van der Waals surface area contributed by atoms with E-state index in [1.54, 1.807) is 11.2 Å². The van der Waals surface area contributed by atoms with E-state index in [1.807, 2.05) is 26.2 Å². The molecular formula is C27H34ClFN6O. The number of hydrogen-bond acceptors (Lipinski definition) is 6. The molecule has 9 heteroatoms. The molecule has 1 aliphatic carbocycles. The maximum absolute atomic E-state index is 14.2. The molecule has 1 unspecified atom stereocenters. The first-order valence-electron chi connectivity index (χ1n) is 12.3. The molecule has 1 aromatic heterocycles. The van der Waals surface area contributed by atoms with Crippen molar-refractivity contribution in [2.75, 3.05) is 33.7 Å². The summed E-state index contributed by atoms with van der Waals surface area (Å²) >= 11 is 6.30. The Labute approximate surface area is 216 Å². The van der Waals surface area contributed by atoms with E-state index in [0.29, 0.717) is 39.8 Å². The normalized spacial score (nSPS) is 18.1. The topological polar surface area (TPSA) is 88.5 Å². The number of nitrogens with zero attached hydrogens (tertiary/aromatic N) is 4. The first kappa shape index (κ1) is 26.2. The molecule has 1 aromatic carbocycles. The molecule has 2 aliphatic rings. The van der Waals surface area contributed by atoms with E-state index in [4.69, 9.17) is 22.4 Å². The molecule has 7 nitrogen and oxygen atoms in total. The number of likely N-dealkylation sites (tertiary alicyclic amines) is 1. The molecule has 0 radical (unpaired) electrons. The van der Waals surface area contributed by atoms with Crippen molar-refractivity contribution in [3.63, 3.8) is 0 Å². The van der Waals surface area contributed by atoms with Gasteiger partial charge in [-0.1, -0.05) is 24.6 Å². The summed E-state index contributed by atoms with van der Waals surface area (Å²) in [7, 11) is 3.69. The van der Waals surface area contributed by atoms with E-state index in [9.17, 15) is 9.18 Å². The van der Waals surface area contributed by atoms with Gasteiger partial charge < -0.3 is 9.91 Å². The predicted molar refractivity (Wildman–Crippen MR) is 141 cm³/mol. The number of hydrogen-bond donors (Lipinski definition) is 2. The van der Waals surface area contributed by atoms with E-state index in [1.165, 1.54) is 12.3 Å². The SMILES string of the molecule is CC(c1ccc(Cl)c(C=O)c1/C=N\N(C)C)C1CC2(C1)CN(CCCc1cc(=N)n(C=N)cc1F)C2. The monoisotopic (exact) mass is 512 g/mol. The Kier molecular flexibility index (Phi) is 7.76. The summed E-state index contributed by atoms with van der Waals surface area (Å²) in [6.07, 6.45) is 8.45. The number of aldehydes is 1. The van der Waals surface area contributed by atoms with Gasteiger partial charge in [-0.15, -0.1) is 0 Å². The number of pyridine rings is 1. The number of rotatable bonds is 10. The highest BCUT2D eigenvalue weighted by atomic mass is 35.5. The Hall–Kier alpha value is -2.84. The number of nitrogens with one attached hydrogen (secondary N) is 2. The number of carbonyl (C=O) groups excluding carboxylic acids is 1. The van der Waals surface area contributed by atoms with Gasteiger partial charge in [0.1, 0.15) is 11.3 Å². The summed E-state index contributed by atoms with van der Waals surface area (Å²) in [5.74, 6) is 0.488. The van der Waals surface area contributed by atoms with Crippen molar-refractivity contribution >= 4 is 30.4 Å². The second-order valence-corrected chi connectivity index (χ2v) is 10.9. The molecule has 1 saturated heterocycles. The van der Waals surface area contributed by atoms with E-state index in [0.717, 1.165) is 67.2 Å². The lowest BCUT2D eigenvalue weighted by Gasteiger charge is -2.60. The summed E-state index contributed by atoms with van der Waals surface area (Å²) in [5.41, 5.74) is 3.46. The molecule has 1 aliphatic heterocycles. The third-order valence-corrected chi connectivity index (χ3v) is 8.05. The fraction of sp³-hybridized carbons (Fsp3) is 0.481. The fourth-order valence-corrected chi connectivity index (χ4v) is 6.02. The lowest BCUT2D eigenvalue weighted by atomic mass is 9.54. The van der Waals surface area contributed by atoms with Crippen LogP contribution in [-0.2, 0) is 6.42 Å². The van der Waals surface area contributed by atoms with Gasteiger partial charge in [0, 0.05) is 44.5 Å². The van der Waals surface area contributed by atoms with Gasteiger partial charge in [-0.2, -0.15) is 5.10 Å². The molecule has 192 valence electrons. The Morgan fingerprint density at radius 3 is 2.67 bits per heavy atom. The molecule has 2 N–H and O–H groups in total. The molecule has 0 amide bonds. The average Bonchev–Trinajstić information content (AvgIpc) is 2.79. The number of hydrazone groups is 1. The van der Waals surface area contributed by atoms with E-state index in [-0.39, 0.29) is 11.3 Å². The zero-order valence-electron chi connectivity index (χ0n) is 21.1. The molecule has 1 atom stereocenters. The zero-order chi connectivity index (χ0) is 26.0. The van der Waals surface area contributed by atoms with Crippen LogP contribution in [0.25, 0.3) is 0 Å². The maximum Gasteiger partial charge on any atom is 0.152 e. The Balaban J connectivity index is 1.31. The smallest absolute Gasteiger partial charge is 0.152 e.